The number of aliphatic hydroxyl groups excluding tert-OH is 1. The van der Waals surface area contributed by atoms with Gasteiger partial charge >= 0.3 is 0 Å². The molecular weight excluding hydrogens is 355 g/mol. The second kappa shape index (κ2) is 7.98. The van der Waals surface area contributed by atoms with Crippen molar-refractivity contribution in [2.75, 3.05) is 18.0 Å². The van der Waals surface area contributed by atoms with Crippen molar-refractivity contribution in [1.82, 2.24) is 4.98 Å². The zero-order chi connectivity index (χ0) is 19.5. The number of aliphatic hydroxyl groups is 1. The number of aromatic nitrogens is 1. The molecule has 3 aromatic rings. The number of halogens is 1. The zero-order valence-electron chi connectivity index (χ0n) is 15.8. The molecule has 1 fully saturated rings. The molecule has 1 aliphatic heterocycles. The standard InChI is InChI=1S/C23H23FN2O2/c1-16-6-9-23(25-13-16)28-19-10-11-26(14-19)22-8-7-17(12-18(22)15-27)20-4-2-3-5-21(20)24/h2-9,12-13,19,27H,10-11,14-15H2,1H3/t19-/m0/s1. The summed E-state index contributed by atoms with van der Waals surface area (Å²) in [6.07, 6.45) is 2.73. The van der Waals surface area contributed by atoms with Gasteiger partial charge in [-0.15, -0.1) is 0 Å². The summed E-state index contributed by atoms with van der Waals surface area (Å²) in [6.45, 7) is 3.46. The van der Waals surface area contributed by atoms with Crippen LogP contribution in [0.5, 0.6) is 5.88 Å². The first kappa shape index (κ1) is 18.4. The van der Waals surface area contributed by atoms with Crippen molar-refractivity contribution in [3.05, 3.63) is 77.7 Å². The molecule has 1 N–H and O–H groups in total. The fraction of sp³-hybridized carbons (Fsp3) is 0.261. The number of anilines is 1. The van der Waals surface area contributed by atoms with E-state index in [0.717, 1.165) is 41.9 Å². The Balaban J connectivity index is 1.51. The molecule has 0 amide bonds. The van der Waals surface area contributed by atoms with Crippen LogP contribution in [0.15, 0.2) is 60.8 Å². The van der Waals surface area contributed by atoms with E-state index in [1.54, 1.807) is 18.3 Å². The average molecular weight is 378 g/mol. The molecule has 0 spiro atoms. The van der Waals surface area contributed by atoms with Gasteiger partial charge < -0.3 is 14.7 Å². The van der Waals surface area contributed by atoms with E-state index in [2.05, 4.69) is 9.88 Å². The summed E-state index contributed by atoms with van der Waals surface area (Å²) in [5, 5.41) is 9.88. The normalized spacial score (nSPS) is 16.4. The van der Waals surface area contributed by atoms with Crippen LogP contribution in [0.25, 0.3) is 11.1 Å². The summed E-state index contributed by atoms with van der Waals surface area (Å²) >= 11 is 0. The highest BCUT2D eigenvalue weighted by Crippen LogP contribution is 2.31. The predicted octanol–water partition coefficient (Wildman–Crippen LogP) is 4.35. The Morgan fingerprint density at radius 1 is 1.18 bits per heavy atom. The minimum atomic E-state index is -0.264. The number of ether oxygens (including phenoxy) is 1. The summed E-state index contributed by atoms with van der Waals surface area (Å²) in [5.74, 6) is 0.370. The van der Waals surface area contributed by atoms with Crippen molar-refractivity contribution in [2.45, 2.75) is 26.1 Å². The summed E-state index contributed by atoms with van der Waals surface area (Å²) < 4.78 is 20.1. The van der Waals surface area contributed by atoms with Crippen molar-refractivity contribution in [2.24, 2.45) is 0 Å². The molecular formula is C23H23FN2O2. The number of benzene rings is 2. The van der Waals surface area contributed by atoms with Crippen LogP contribution < -0.4 is 9.64 Å². The fourth-order valence-corrected chi connectivity index (χ4v) is 3.62. The lowest BCUT2D eigenvalue weighted by molar-refractivity contribution is 0.215. The summed E-state index contributed by atoms with van der Waals surface area (Å²) in [5.41, 5.74) is 4.15. The maximum absolute atomic E-state index is 14.1. The number of aryl methyl sites for hydroxylation is 1. The molecule has 1 aromatic heterocycles. The number of hydrogen-bond acceptors (Lipinski definition) is 4. The third-order valence-corrected chi connectivity index (χ3v) is 5.09. The van der Waals surface area contributed by atoms with E-state index in [-0.39, 0.29) is 18.5 Å². The topological polar surface area (TPSA) is 45.6 Å². The van der Waals surface area contributed by atoms with Gasteiger partial charge in [-0.1, -0.05) is 30.3 Å². The van der Waals surface area contributed by atoms with Gasteiger partial charge in [0.15, 0.2) is 0 Å². The monoisotopic (exact) mass is 378 g/mol. The molecule has 0 radical (unpaired) electrons. The molecule has 28 heavy (non-hydrogen) atoms. The molecule has 0 unspecified atom stereocenters. The van der Waals surface area contributed by atoms with Crippen LogP contribution in [0, 0.1) is 12.7 Å². The van der Waals surface area contributed by atoms with Gasteiger partial charge in [0.2, 0.25) is 5.88 Å². The van der Waals surface area contributed by atoms with Gasteiger partial charge in [0.25, 0.3) is 0 Å². The molecule has 4 nitrogen and oxygen atoms in total. The maximum Gasteiger partial charge on any atom is 0.213 e. The largest absolute Gasteiger partial charge is 0.472 e. The number of pyridine rings is 1. The van der Waals surface area contributed by atoms with Crippen LogP contribution in [-0.4, -0.2) is 29.3 Å². The summed E-state index contributed by atoms with van der Waals surface area (Å²) in [7, 11) is 0. The predicted molar refractivity (Wildman–Crippen MR) is 108 cm³/mol. The molecule has 1 aliphatic rings. The second-order valence-corrected chi connectivity index (χ2v) is 7.13. The summed E-state index contributed by atoms with van der Waals surface area (Å²) in [6, 6.07) is 16.3. The third-order valence-electron chi connectivity index (χ3n) is 5.09. The van der Waals surface area contributed by atoms with Gasteiger partial charge in [-0.3, -0.25) is 0 Å². The van der Waals surface area contributed by atoms with Crippen LogP contribution in [0.1, 0.15) is 17.5 Å². The Morgan fingerprint density at radius 2 is 2.04 bits per heavy atom. The molecule has 144 valence electrons. The van der Waals surface area contributed by atoms with Gasteiger partial charge in [-0.05, 0) is 36.2 Å². The van der Waals surface area contributed by atoms with Gasteiger partial charge in [0, 0.05) is 42.0 Å². The van der Waals surface area contributed by atoms with E-state index < -0.39 is 0 Å². The molecule has 2 aromatic carbocycles. The lowest BCUT2D eigenvalue weighted by Crippen LogP contribution is -2.25. The highest BCUT2D eigenvalue weighted by molar-refractivity contribution is 5.69. The smallest absolute Gasteiger partial charge is 0.213 e. The number of rotatable bonds is 5. The first-order valence-corrected chi connectivity index (χ1v) is 9.47. The van der Waals surface area contributed by atoms with Crippen LogP contribution in [-0.2, 0) is 6.61 Å². The Kier molecular flexibility index (Phi) is 5.26. The van der Waals surface area contributed by atoms with Crippen LogP contribution >= 0.6 is 0 Å². The van der Waals surface area contributed by atoms with E-state index in [1.807, 2.05) is 43.3 Å². The molecule has 2 heterocycles. The Bertz CT molecular complexity index is 959. The molecule has 0 bridgehead atoms. The fourth-order valence-electron chi connectivity index (χ4n) is 3.62. The molecule has 0 saturated carbocycles. The Hall–Kier alpha value is -2.92. The van der Waals surface area contributed by atoms with Crippen molar-refractivity contribution < 1.29 is 14.2 Å². The Labute approximate surface area is 164 Å². The minimum absolute atomic E-state index is 0.0491. The van der Waals surface area contributed by atoms with Gasteiger partial charge in [0.05, 0.1) is 13.2 Å². The molecule has 0 aliphatic carbocycles. The maximum atomic E-state index is 14.1. The van der Waals surface area contributed by atoms with E-state index in [9.17, 15) is 9.50 Å². The van der Waals surface area contributed by atoms with Gasteiger partial charge in [0.1, 0.15) is 11.9 Å². The zero-order valence-corrected chi connectivity index (χ0v) is 15.8. The molecule has 1 atom stereocenters. The van der Waals surface area contributed by atoms with Gasteiger partial charge in [-0.2, -0.15) is 0 Å². The number of nitrogens with zero attached hydrogens (tertiary/aromatic N) is 2. The highest BCUT2D eigenvalue weighted by Gasteiger charge is 2.26. The van der Waals surface area contributed by atoms with Crippen molar-refractivity contribution in [3.63, 3.8) is 0 Å². The first-order valence-electron chi connectivity index (χ1n) is 9.47. The van der Waals surface area contributed by atoms with E-state index in [0.29, 0.717) is 11.4 Å². The summed E-state index contributed by atoms with van der Waals surface area (Å²) in [4.78, 5) is 6.51. The van der Waals surface area contributed by atoms with Crippen LogP contribution in [0.4, 0.5) is 10.1 Å². The van der Waals surface area contributed by atoms with E-state index in [4.69, 9.17) is 4.74 Å². The highest BCUT2D eigenvalue weighted by atomic mass is 19.1. The lowest BCUT2D eigenvalue weighted by atomic mass is 10.0. The lowest BCUT2D eigenvalue weighted by Gasteiger charge is -2.22. The van der Waals surface area contributed by atoms with Crippen molar-refractivity contribution in [1.29, 1.82) is 0 Å². The van der Waals surface area contributed by atoms with Crippen molar-refractivity contribution >= 4 is 5.69 Å². The van der Waals surface area contributed by atoms with E-state index >= 15 is 0 Å². The van der Waals surface area contributed by atoms with Crippen molar-refractivity contribution in [3.8, 4) is 17.0 Å². The molecule has 5 heteroatoms. The number of hydrogen-bond donors (Lipinski definition) is 1. The SMILES string of the molecule is Cc1ccc(O[C@H]2CCN(c3ccc(-c4ccccc4F)cc3CO)C2)nc1. The average Bonchev–Trinajstić information content (AvgIpc) is 3.18. The molecule has 4 rings (SSSR count). The minimum Gasteiger partial charge on any atom is -0.472 e. The van der Waals surface area contributed by atoms with Crippen LogP contribution in [0.3, 0.4) is 0 Å². The third kappa shape index (κ3) is 3.85. The first-order chi connectivity index (χ1) is 13.6. The van der Waals surface area contributed by atoms with Crippen LogP contribution in [0.2, 0.25) is 0 Å². The quantitative estimate of drug-likeness (QED) is 0.717. The van der Waals surface area contributed by atoms with Gasteiger partial charge in [-0.25, -0.2) is 9.37 Å². The second-order valence-electron chi connectivity index (χ2n) is 7.13. The Morgan fingerprint density at radius 3 is 2.79 bits per heavy atom. The van der Waals surface area contributed by atoms with E-state index in [1.165, 1.54) is 6.07 Å². The molecule has 1 saturated heterocycles.